The number of likely N-dealkylation sites (N-methyl/N-ethyl adjacent to an activating group) is 1. The molecule has 2 fully saturated rings. The Hall–Kier alpha value is -2.17. The van der Waals surface area contributed by atoms with E-state index in [1.807, 2.05) is 24.1 Å². The van der Waals surface area contributed by atoms with Crippen LogP contribution in [-0.2, 0) is 30.5 Å². The number of hydrogen-bond acceptors (Lipinski definition) is 3. The summed E-state index contributed by atoms with van der Waals surface area (Å²) in [6.45, 7) is 3.76. The molecule has 33 heavy (non-hydrogen) atoms. The quantitative estimate of drug-likeness (QED) is 0.602. The van der Waals surface area contributed by atoms with Crippen LogP contribution in [0, 0.1) is 11.8 Å². The minimum atomic E-state index is 0.147. The molecule has 1 heterocycles. The molecule has 0 bridgehead atoms. The van der Waals surface area contributed by atoms with Gasteiger partial charge in [0.25, 0.3) is 5.91 Å². The van der Waals surface area contributed by atoms with Crippen molar-refractivity contribution in [2.45, 2.75) is 64.0 Å². The van der Waals surface area contributed by atoms with Gasteiger partial charge in [0.2, 0.25) is 0 Å². The van der Waals surface area contributed by atoms with Crippen LogP contribution >= 0.6 is 0 Å². The van der Waals surface area contributed by atoms with Gasteiger partial charge in [-0.25, -0.2) is 0 Å². The van der Waals surface area contributed by atoms with Gasteiger partial charge in [0.15, 0.2) is 0 Å². The first kappa shape index (κ1) is 22.6. The number of hydrogen-bond donors (Lipinski definition) is 1. The van der Waals surface area contributed by atoms with Gasteiger partial charge in [-0.1, -0.05) is 43.2 Å². The van der Waals surface area contributed by atoms with E-state index < -0.39 is 0 Å². The topological polar surface area (TPSA) is 41.6 Å². The molecule has 0 spiro atoms. The molecular formula is C29H38N2O2. The van der Waals surface area contributed by atoms with Crippen LogP contribution in [0.5, 0.6) is 0 Å². The van der Waals surface area contributed by atoms with Crippen LogP contribution in [0.3, 0.4) is 0 Å². The van der Waals surface area contributed by atoms with Crippen LogP contribution in [0.25, 0.3) is 0 Å². The Morgan fingerprint density at radius 2 is 1.82 bits per heavy atom. The van der Waals surface area contributed by atoms with Gasteiger partial charge in [-0.3, -0.25) is 4.79 Å². The van der Waals surface area contributed by atoms with Crippen molar-refractivity contribution in [3.8, 4) is 0 Å². The third-order valence-corrected chi connectivity index (χ3v) is 7.87. The number of aryl methyl sites for hydroxylation is 2. The van der Waals surface area contributed by atoms with Gasteiger partial charge in [0, 0.05) is 38.3 Å². The second-order valence-electron chi connectivity index (χ2n) is 10.5. The predicted molar refractivity (Wildman–Crippen MR) is 132 cm³/mol. The summed E-state index contributed by atoms with van der Waals surface area (Å²) in [6.07, 6.45) is 9.44. The standard InChI is InChI=1S/C29H38N2O2/c1-31(29(32)25-9-6-22(7-10-25)5-4-21-2-3-21)28-13-12-26-16-23(8-11-27(26)17-28)18-30-19-24-14-15-33-20-24/h6-11,16,21,24,28,30H,2-5,12-15,17-20H2,1H3/t24?,28-/m0/s1. The van der Waals surface area contributed by atoms with Crippen LogP contribution in [0.2, 0.25) is 0 Å². The van der Waals surface area contributed by atoms with E-state index >= 15 is 0 Å². The highest BCUT2D eigenvalue weighted by Crippen LogP contribution is 2.33. The molecule has 0 radical (unpaired) electrons. The monoisotopic (exact) mass is 446 g/mol. The summed E-state index contributed by atoms with van der Waals surface area (Å²) < 4.78 is 5.47. The Morgan fingerprint density at radius 1 is 1.00 bits per heavy atom. The van der Waals surface area contributed by atoms with Crippen LogP contribution in [-0.4, -0.2) is 43.7 Å². The van der Waals surface area contributed by atoms with Crippen LogP contribution in [0.15, 0.2) is 42.5 Å². The molecule has 4 heteroatoms. The van der Waals surface area contributed by atoms with Gasteiger partial charge in [0.1, 0.15) is 0 Å². The van der Waals surface area contributed by atoms with Crippen molar-refractivity contribution in [2.75, 3.05) is 26.8 Å². The summed E-state index contributed by atoms with van der Waals surface area (Å²) in [5.74, 6) is 1.76. The highest BCUT2D eigenvalue weighted by molar-refractivity contribution is 5.94. The maximum absolute atomic E-state index is 13.1. The van der Waals surface area contributed by atoms with Crippen molar-refractivity contribution in [3.63, 3.8) is 0 Å². The summed E-state index contributed by atoms with van der Waals surface area (Å²) in [5, 5.41) is 3.60. The van der Waals surface area contributed by atoms with E-state index in [4.69, 9.17) is 4.74 Å². The Labute approximate surface area is 198 Å². The zero-order valence-corrected chi connectivity index (χ0v) is 20.0. The van der Waals surface area contributed by atoms with Crippen molar-refractivity contribution in [3.05, 3.63) is 70.3 Å². The first-order valence-electron chi connectivity index (χ1n) is 12.9. The minimum absolute atomic E-state index is 0.147. The zero-order chi connectivity index (χ0) is 22.6. The lowest BCUT2D eigenvalue weighted by Gasteiger charge is -2.33. The molecule has 1 saturated heterocycles. The van der Waals surface area contributed by atoms with Crippen LogP contribution in [0.1, 0.15) is 64.7 Å². The van der Waals surface area contributed by atoms with Crippen LogP contribution < -0.4 is 5.32 Å². The highest BCUT2D eigenvalue weighted by atomic mass is 16.5. The first-order valence-corrected chi connectivity index (χ1v) is 12.9. The number of nitrogens with one attached hydrogen (secondary N) is 1. The van der Waals surface area contributed by atoms with Gasteiger partial charge in [-0.15, -0.1) is 0 Å². The maximum atomic E-state index is 13.1. The average Bonchev–Trinajstić information content (AvgIpc) is 3.55. The molecule has 176 valence electrons. The molecule has 3 aliphatic rings. The molecular weight excluding hydrogens is 408 g/mol. The second-order valence-corrected chi connectivity index (χ2v) is 10.5. The highest BCUT2D eigenvalue weighted by Gasteiger charge is 2.26. The molecule has 1 N–H and O–H groups in total. The van der Waals surface area contributed by atoms with Crippen LogP contribution in [0.4, 0.5) is 0 Å². The molecule has 1 saturated carbocycles. The Morgan fingerprint density at radius 3 is 2.58 bits per heavy atom. The van der Waals surface area contributed by atoms with E-state index in [9.17, 15) is 4.79 Å². The summed E-state index contributed by atoms with van der Waals surface area (Å²) in [5.41, 5.74) is 6.38. The lowest BCUT2D eigenvalue weighted by atomic mass is 9.86. The molecule has 5 rings (SSSR count). The Bertz CT molecular complexity index is 945. The number of fused-ring (bicyclic) bond motifs is 1. The summed E-state index contributed by atoms with van der Waals surface area (Å²) in [6, 6.07) is 15.5. The minimum Gasteiger partial charge on any atom is -0.381 e. The molecule has 2 atom stereocenters. The number of carbonyl (C=O) groups excluding carboxylic acids is 1. The third kappa shape index (κ3) is 5.85. The average molecular weight is 447 g/mol. The Balaban J connectivity index is 1.13. The molecule has 2 aliphatic carbocycles. The fourth-order valence-corrected chi connectivity index (χ4v) is 5.36. The molecule has 0 aromatic heterocycles. The number of ether oxygens (including phenoxy) is 1. The maximum Gasteiger partial charge on any atom is 0.253 e. The largest absolute Gasteiger partial charge is 0.381 e. The molecule has 2 aromatic rings. The summed E-state index contributed by atoms with van der Waals surface area (Å²) in [7, 11) is 1.98. The van der Waals surface area contributed by atoms with Gasteiger partial charge >= 0.3 is 0 Å². The molecule has 2 aromatic carbocycles. The van der Waals surface area contributed by atoms with Crippen molar-refractivity contribution in [2.24, 2.45) is 11.8 Å². The second kappa shape index (κ2) is 10.4. The number of nitrogens with zero attached hydrogens (tertiary/aromatic N) is 1. The van der Waals surface area contributed by atoms with E-state index in [2.05, 4.69) is 35.6 Å². The third-order valence-electron chi connectivity index (χ3n) is 7.87. The SMILES string of the molecule is CN(C(=O)c1ccc(CCC2CC2)cc1)[C@H]1CCc2cc(CNCC3CCOC3)ccc2C1. The smallest absolute Gasteiger partial charge is 0.253 e. The molecule has 1 aliphatic heterocycles. The predicted octanol–water partition coefficient (Wildman–Crippen LogP) is 4.78. The summed E-state index contributed by atoms with van der Waals surface area (Å²) >= 11 is 0. The van der Waals surface area contributed by atoms with E-state index in [-0.39, 0.29) is 11.9 Å². The summed E-state index contributed by atoms with van der Waals surface area (Å²) in [4.78, 5) is 15.1. The van der Waals surface area contributed by atoms with Crippen molar-refractivity contribution in [1.29, 1.82) is 0 Å². The van der Waals surface area contributed by atoms with Gasteiger partial charge < -0.3 is 15.0 Å². The van der Waals surface area contributed by atoms with Gasteiger partial charge in [-0.2, -0.15) is 0 Å². The Kier molecular flexibility index (Phi) is 7.13. The van der Waals surface area contributed by atoms with E-state index in [1.165, 1.54) is 47.9 Å². The van der Waals surface area contributed by atoms with E-state index in [0.717, 1.165) is 63.5 Å². The van der Waals surface area contributed by atoms with Crippen molar-refractivity contribution in [1.82, 2.24) is 10.2 Å². The fraction of sp³-hybridized carbons (Fsp3) is 0.552. The number of carbonyl (C=O) groups is 1. The fourth-order valence-electron chi connectivity index (χ4n) is 5.36. The van der Waals surface area contributed by atoms with Crippen molar-refractivity contribution >= 4 is 5.91 Å². The molecule has 1 amide bonds. The van der Waals surface area contributed by atoms with E-state index in [1.54, 1.807) is 0 Å². The van der Waals surface area contributed by atoms with Gasteiger partial charge in [0.05, 0.1) is 6.61 Å². The number of benzene rings is 2. The van der Waals surface area contributed by atoms with E-state index in [0.29, 0.717) is 5.92 Å². The van der Waals surface area contributed by atoms with Crippen molar-refractivity contribution < 1.29 is 9.53 Å². The lowest BCUT2D eigenvalue weighted by molar-refractivity contribution is 0.0719. The van der Waals surface area contributed by atoms with Gasteiger partial charge in [-0.05, 0) is 84.7 Å². The number of amides is 1. The lowest BCUT2D eigenvalue weighted by Crippen LogP contribution is -2.40. The molecule has 1 unspecified atom stereocenters. The zero-order valence-electron chi connectivity index (χ0n) is 20.0. The number of rotatable bonds is 9. The normalized spacial score (nSPS) is 22.2. The first-order chi connectivity index (χ1) is 16.2. The molecule has 4 nitrogen and oxygen atoms in total.